The van der Waals surface area contributed by atoms with E-state index in [-0.39, 0.29) is 0 Å². The molecule has 0 spiro atoms. The first-order valence-corrected chi connectivity index (χ1v) is 9.86. The van der Waals surface area contributed by atoms with Crippen molar-refractivity contribution in [2.45, 2.75) is 32.4 Å². The average Bonchev–Trinajstić information content (AvgIpc) is 1.97. The third-order valence-corrected chi connectivity index (χ3v) is 3.61. The Morgan fingerprint density at radius 3 is 2.00 bits per heavy atom. The van der Waals surface area contributed by atoms with Crippen molar-refractivity contribution < 1.29 is 9.16 Å². The van der Waals surface area contributed by atoms with Gasteiger partial charge in [-0.05, 0) is 0 Å². The van der Waals surface area contributed by atoms with Gasteiger partial charge in [0.15, 0.2) is 0 Å². The summed E-state index contributed by atoms with van der Waals surface area (Å²) in [5.41, 5.74) is 0. The molecule has 0 saturated carbocycles. The molecule has 0 amide bonds. The van der Waals surface area contributed by atoms with Gasteiger partial charge in [-0.3, -0.25) is 0 Å². The van der Waals surface area contributed by atoms with E-state index in [2.05, 4.69) is 32.4 Å². The Morgan fingerprint density at radius 1 is 1.25 bits per heavy atom. The number of hydrogen-bond donors (Lipinski definition) is 0. The molecule has 0 radical (unpaired) electrons. The van der Waals surface area contributed by atoms with E-state index in [1.54, 1.807) is 7.11 Å². The molecular weight excluding hydrogens is 235 g/mol. The van der Waals surface area contributed by atoms with Crippen molar-refractivity contribution in [2.24, 2.45) is 0 Å². The summed E-state index contributed by atoms with van der Waals surface area (Å²) in [7, 11) is 0.178. The Morgan fingerprint density at radius 2 is 1.75 bits per heavy atom. The first-order valence-electron chi connectivity index (χ1n) is 3.88. The molecule has 0 aliphatic heterocycles. The Hall–Kier alpha value is 0.0764. The van der Waals surface area contributed by atoms with Gasteiger partial charge < -0.3 is 0 Å². The minimum absolute atomic E-state index is 0.477. The topological polar surface area (TPSA) is 18.5 Å². The Bertz CT molecular complexity index is 172. The van der Waals surface area contributed by atoms with Crippen LogP contribution in [-0.2, 0) is 9.16 Å². The van der Waals surface area contributed by atoms with Gasteiger partial charge in [-0.25, -0.2) is 0 Å². The number of rotatable bonds is 4. The zero-order chi connectivity index (χ0) is 9.78. The van der Waals surface area contributed by atoms with Gasteiger partial charge in [0.1, 0.15) is 0 Å². The van der Waals surface area contributed by atoms with E-state index < -0.39 is 8.32 Å². The summed E-state index contributed by atoms with van der Waals surface area (Å²) < 4.78 is 12.2. The summed E-state index contributed by atoms with van der Waals surface area (Å²) >= 11 is 0.477. The quantitative estimate of drug-likeness (QED) is 0.566. The molecular formula is C8H18O2SeSi. The van der Waals surface area contributed by atoms with Crippen LogP contribution < -0.4 is 0 Å². The van der Waals surface area contributed by atoms with Crippen LogP contribution in [0.2, 0.25) is 25.5 Å². The molecule has 0 heterocycles. The van der Waals surface area contributed by atoms with Crippen molar-refractivity contribution in [2.75, 3.05) is 7.11 Å². The van der Waals surface area contributed by atoms with Crippen LogP contribution >= 0.6 is 0 Å². The minimum atomic E-state index is -1.49. The van der Waals surface area contributed by atoms with E-state index in [4.69, 9.17) is 9.16 Å². The van der Waals surface area contributed by atoms with Gasteiger partial charge in [-0.1, -0.05) is 0 Å². The molecule has 0 aromatic heterocycles. The van der Waals surface area contributed by atoms with Crippen LogP contribution in [0, 0.1) is 0 Å². The van der Waals surface area contributed by atoms with Gasteiger partial charge in [-0.15, -0.1) is 0 Å². The summed E-state index contributed by atoms with van der Waals surface area (Å²) in [5.74, 6) is 2.91. The molecule has 0 fully saturated rings. The second kappa shape index (κ2) is 4.95. The molecule has 0 aliphatic carbocycles. The second-order valence-corrected chi connectivity index (χ2v) is 10.0. The number of ether oxygens (including phenoxy) is 1. The summed E-state index contributed by atoms with van der Waals surface area (Å²) in [6.45, 7) is 8.53. The summed E-state index contributed by atoms with van der Waals surface area (Å²) in [6.07, 6.45) is 0. The molecule has 0 aromatic carbocycles. The standard InChI is InChI=1S/C8H18O2SeSi/c1-7(11-3)8(9-2)10-12(4,5)6/h1-6H3/b8-7-. The fourth-order valence-electron chi connectivity index (χ4n) is 0.619. The van der Waals surface area contributed by atoms with Crippen molar-refractivity contribution in [1.29, 1.82) is 0 Å². The van der Waals surface area contributed by atoms with Crippen LogP contribution in [0.15, 0.2) is 10.4 Å². The van der Waals surface area contributed by atoms with Crippen LogP contribution in [0.4, 0.5) is 0 Å². The summed E-state index contributed by atoms with van der Waals surface area (Å²) in [5, 5.41) is 0. The first-order chi connectivity index (χ1) is 5.40. The maximum absolute atomic E-state index is 5.75. The van der Waals surface area contributed by atoms with Crippen molar-refractivity contribution in [3.63, 3.8) is 0 Å². The van der Waals surface area contributed by atoms with Crippen molar-refractivity contribution >= 4 is 23.3 Å². The zero-order valence-electron chi connectivity index (χ0n) is 8.72. The maximum atomic E-state index is 5.75. The van der Waals surface area contributed by atoms with Crippen LogP contribution in [-0.4, -0.2) is 30.4 Å². The van der Waals surface area contributed by atoms with Gasteiger partial charge >= 0.3 is 82.4 Å². The summed E-state index contributed by atoms with van der Waals surface area (Å²) in [6, 6.07) is 0. The molecule has 0 rings (SSSR count). The number of hydrogen-bond acceptors (Lipinski definition) is 2. The molecule has 4 heteroatoms. The van der Waals surface area contributed by atoms with E-state index in [1.807, 2.05) is 0 Å². The number of allylic oxidation sites excluding steroid dienone is 1. The van der Waals surface area contributed by atoms with Crippen LogP contribution in [0.25, 0.3) is 0 Å². The van der Waals surface area contributed by atoms with Crippen LogP contribution in [0.1, 0.15) is 6.92 Å². The van der Waals surface area contributed by atoms with Gasteiger partial charge in [0.25, 0.3) is 0 Å². The molecule has 12 heavy (non-hydrogen) atoms. The van der Waals surface area contributed by atoms with E-state index >= 15 is 0 Å². The van der Waals surface area contributed by atoms with Crippen molar-refractivity contribution in [3.05, 3.63) is 10.4 Å². The normalized spacial score (nSPS) is 13.8. The van der Waals surface area contributed by atoms with Crippen LogP contribution in [0.3, 0.4) is 0 Å². The molecule has 0 bridgehead atoms. The molecule has 0 aromatic rings. The fourth-order valence-corrected chi connectivity index (χ4v) is 2.19. The van der Waals surface area contributed by atoms with E-state index in [0.717, 1.165) is 5.95 Å². The Kier molecular flexibility index (Phi) is 4.98. The van der Waals surface area contributed by atoms with Gasteiger partial charge in [0, 0.05) is 0 Å². The molecule has 0 saturated heterocycles. The van der Waals surface area contributed by atoms with Crippen LogP contribution in [0.5, 0.6) is 0 Å². The third-order valence-electron chi connectivity index (χ3n) is 1.18. The first kappa shape index (κ1) is 12.1. The van der Waals surface area contributed by atoms with Gasteiger partial charge in [-0.2, -0.15) is 0 Å². The van der Waals surface area contributed by atoms with E-state index in [1.165, 1.54) is 4.47 Å². The Balaban J connectivity index is 4.38. The molecule has 0 N–H and O–H groups in total. The van der Waals surface area contributed by atoms with E-state index in [9.17, 15) is 0 Å². The van der Waals surface area contributed by atoms with E-state index in [0.29, 0.717) is 15.0 Å². The monoisotopic (exact) mass is 254 g/mol. The van der Waals surface area contributed by atoms with Crippen molar-refractivity contribution in [1.82, 2.24) is 0 Å². The molecule has 0 atom stereocenters. The molecule has 72 valence electrons. The third kappa shape index (κ3) is 4.85. The number of methoxy groups -OCH3 is 1. The zero-order valence-corrected chi connectivity index (χ0v) is 11.4. The predicted octanol–water partition coefficient (Wildman–Crippen LogP) is 2.43. The van der Waals surface area contributed by atoms with Gasteiger partial charge in [0.2, 0.25) is 0 Å². The van der Waals surface area contributed by atoms with Crippen molar-refractivity contribution in [3.8, 4) is 0 Å². The second-order valence-electron chi connectivity index (χ2n) is 3.47. The molecule has 0 unspecified atom stereocenters. The predicted molar refractivity (Wildman–Crippen MR) is 55.8 cm³/mol. The molecule has 2 nitrogen and oxygen atoms in total. The fraction of sp³-hybridized carbons (Fsp3) is 0.750. The Labute approximate surface area is 82.6 Å². The summed E-state index contributed by atoms with van der Waals surface area (Å²) in [4.78, 5) is 0. The average molecular weight is 253 g/mol. The molecule has 0 aliphatic rings. The SMILES string of the molecule is CO/C(O[Si](C)(C)C)=C(\C)[Se]C. The van der Waals surface area contributed by atoms with Gasteiger partial charge in [0.05, 0.1) is 0 Å².